The summed E-state index contributed by atoms with van der Waals surface area (Å²) in [6.45, 7) is 1.96. The Labute approximate surface area is 251 Å². The summed E-state index contributed by atoms with van der Waals surface area (Å²) >= 11 is 1.73. The number of hydrazone groups is 1. The molecule has 0 unspecified atom stereocenters. The number of thiazole rings is 1. The van der Waals surface area contributed by atoms with Crippen LogP contribution in [0.4, 0.5) is 10.5 Å². The van der Waals surface area contributed by atoms with Gasteiger partial charge in [-0.3, -0.25) is 4.90 Å². The normalized spacial score (nSPS) is 13.2. The number of fused-ring (bicyclic) bond motifs is 3. The molecule has 8 heteroatoms. The third-order valence-corrected chi connectivity index (χ3v) is 8.46. The molecule has 6 nitrogen and oxygen atoms in total. The summed E-state index contributed by atoms with van der Waals surface area (Å²) in [6.07, 6.45) is 3.34. The van der Waals surface area contributed by atoms with Crippen LogP contribution in [0.5, 0.6) is 0 Å². The van der Waals surface area contributed by atoms with Crippen molar-refractivity contribution >= 4 is 62.2 Å². The molecule has 0 spiro atoms. The van der Waals surface area contributed by atoms with E-state index in [0.717, 1.165) is 64.2 Å². The highest BCUT2D eigenvalue weighted by atomic mass is 35.5. The van der Waals surface area contributed by atoms with Crippen LogP contribution in [0.1, 0.15) is 35.4 Å². The van der Waals surface area contributed by atoms with Crippen molar-refractivity contribution in [3.05, 3.63) is 107 Å². The number of aromatic nitrogens is 1. The van der Waals surface area contributed by atoms with Crippen molar-refractivity contribution in [1.29, 1.82) is 0 Å². The lowest BCUT2D eigenvalue weighted by molar-refractivity contribution is 0.206. The predicted octanol–water partition coefficient (Wildman–Crippen LogP) is 7.65. The molecule has 0 saturated heterocycles. The number of carbonyl (C=O) groups is 1. The van der Waals surface area contributed by atoms with Gasteiger partial charge in [0.15, 0.2) is 0 Å². The number of aryl methyl sites for hydroxylation is 1. The molecule has 4 aromatic carbocycles. The first-order chi connectivity index (χ1) is 19.7. The Bertz CT molecular complexity index is 1640. The van der Waals surface area contributed by atoms with E-state index in [1.54, 1.807) is 16.3 Å². The van der Waals surface area contributed by atoms with Crippen molar-refractivity contribution in [3.8, 4) is 0 Å². The van der Waals surface area contributed by atoms with Gasteiger partial charge in [-0.05, 0) is 67.4 Å². The molecular formula is C33H34ClN5OS. The van der Waals surface area contributed by atoms with Crippen molar-refractivity contribution in [2.75, 3.05) is 25.0 Å². The van der Waals surface area contributed by atoms with Crippen molar-refractivity contribution in [3.63, 3.8) is 0 Å². The van der Waals surface area contributed by atoms with Crippen LogP contribution < -0.4 is 10.2 Å². The van der Waals surface area contributed by atoms with Crippen LogP contribution in [0.25, 0.3) is 21.0 Å². The van der Waals surface area contributed by atoms with E-state index in [4.69, 9.17) is 10.1 Å². The zero-order valence-electron chi connectivity index (χ0n) is 23.1. The van der Waals surface area contributed by atoms with Crippen LogP contribution in [0.2, 0.25) is 0 Å². The summed E-state index contributed by atoms with van der Waals surface area (Å²) < 4.78 is 1.20. The minimum atomic E-state index is -0.0835. The van der Waals surface area contributed by atoms with E-state index in [1.807, 2.05) is 30.1 Å². The average Bonchev–Trinajstić information content (AvgIpc) is 3.38. The number of halogens is 1. The van der Waals surface area contributed by atoms with E-state index in [2.05, 4.69) is 78.1 Å². The van der Waals surface area contributed by atoms with Crippen LogP contribution in [-0.4, -0.2) is 41.9 Å². The number of carbonyl (C=O) groups excluding carboxylic acids is 1. The van der Waals surface area contributed by atoms with Gasteiger partial charge in [-0.1, -0.05) is 72.8 Å². The molecule has 2 amide bonds. The van der Waals surface area contributed by atoms with E-state index < -0.39 is 0 Å². The third-order valence-electron chi connectivity index (χ3n) is 7.37. The molecule has 0 radical (unpaired) electrons. The molecule has 0 aliphatic carbocycles. The van der Waals surface area contributed by atoms with Crippen LogP contribution in [-0.2, 0) is 13.0 Å². The molecule has 0 bridgehead atoms. The fourth-order valence-corrected chi connectivity index (χ4v) is 6.30. The van der Waals surface area contributed by atoms with Crippen LogP contribution in [0, 0.1) is 0 Å². The number of nitrogens with zero attached hydrogens (tertiary/aromatic N) is 4. The summed E-state index contributed by atoms with van der Waals surface area (Å²) in [6, 6.07) is 31.0. The largest absolute Gasteiger partial charge is 0.345 e. The van der Waals surface area contributed by atoms with Gasteiger partial charge in [0.25, 0.3) is 0 Å². The fraction of sp³-hybridized carbons (Fsp3) is 0.242. The first-order valence-corrected chi connectivity index (χ1v) is 14.7. The lowest BCUT2D eigenvalue weighted by Crippen LogP contribution is -2.40. The van der Waals surface area contributed by atoms with Gasteiger partial charge in [0.05, 0.1) is 33.2 Å². The zero-order valence-corrected chi connectivity index (χ0v) is 24.8. The molecule has 1 aliphatic heterocycles. The second kappa shape index (κ2) is 13.3. The lowest BCUT2D eigenvalue weighted by Gasteiger charge is -2.27. The molecule has 0 fully saturated rings. The Morgan fingerprint density at radius 3 is 2.51 bits per heavy atom. The lowest BCUT2D eigenvalue weighted by atomic mass is 10.0. The molecule has 1 N–H and O–H groups in total. The summed E-state index contributed by atoms with van der Waals surface area (Å²) in [4.78, 5) is 20.9. The van der Waals surface area contributed by atoms with Crippen molar-refractivity contribution in [1.82, 2.24) is 15.3 Å². The van der Waals surface area contributed by atoms with E-state index in [9.17, 15) is 4.79 Å². The third kappa shape index (κ3) is 6.27. The van der Waals surface area contributed by atoms with Gasteiger partial charge in [-0.25, -0.2) is 14.8 Å². The molecule has 2 heterocycles. The molecular weight excluding hydrogens is 550 g/mol. The van der Waals surface area contributed by atoms with Gasteiger partial charge in [-0.2, -0.15) is 5.10 Å². The van der Waals surface area contributed by atoms with Gasteiger partial charge in [0.1, 0.15) is 0 Å². The average molecular weight is 584 g/mol. The van der Waals surface area contributed by atoms with E-state index in [0.29, 0.717) is 19.5 Å². The van der Waals surface area contributed by atoms with Crippen LogP contribution in [0.15, 0.2) is 96.1 Å². The Balaban J connectivity index is 0.00000337. The van der Waals surface area contributed by atoms with Crippen molar-refractivity contribution in [2.45, 2.75) is 32.2 Å². The second-order valence-corrected chi connectivity index (χ2v) is 11.2. The minimum absolute atomic E-state index is 0. The highest BCUT2D eigenvalue weighted by molar-refractivity contribution is 7.18. The molecule has 1 aromatic heterocycles. The number of amides is 2. The maximum Gasteiger partial charge on any atom is 0.345 e. The van der Waals surface area contributed by atoms with Gasteiger partial charge in [0, 0.05) is 18.5 Å². The SMILES string of the molecule is CNCCCCN1N=C(CCc2nc3ccccc3s2)c2ccccc2N(Cc2cccc3ccccc23)C1=O.Cl. The van der Waals surface area contributed by atoms with Crippen LogP contribution in [0.3, 0.4) is 0 Å². The molecule has 0 atom stereocenters. The predicted molar refractivity (Wildman–Crippen MR) is 174 cm³/mol. The quantitative estimate of drug-likeness (QED) is 0.172. The highest BCUT2D eigenvalue weighted by Crippen LogP contribution is 2.31. The Hall–Kier alpha value is -3.78. The number of nitrogens with one attached hydrogen (secondary N) is 1. The molecule has 6 rings (SSSR count). The Morgan fingerprint density at radius 1 is 0.854 bits per heavy atom. The molecule has 210 valence electrons. The zero-order chi connectivity index (χ0) is 27.3. The first kappa shape index (κ1) is 28.7. The standard InChI is InChI=1S/C33H33N5OS.ClH/c1-34-21-8-9-22-38-33(39)37(23-25-13-10-12-24-11-2-3-14-26(24)25)30-17-6-4-15-27(30)28(36-38)19-20-32-35-29-16-5-7-18-31(29)40-32;/h2-7,10-18,34H,8-9,19-23H2,1H3;1H. The van der Waals surface area contributed by atoms with Crippen LogP contribution >= 0.6 is 23.7 Å². The summed E-state index contributed by atoms with van der Waals surface area (Å²) in [7, 11) is 1.96. The number of urea groups is 1. The number of hydrogen-bond donors (Lipinski definition) is 1. The van der Waals surface area contributed by atoms with Crippen molar-refractivity contribution in [2.24, 2.45) is 5.10 Å². The van der Waals surface area contributed by atoms with E-state index in [1.165, 1.54) is 10.1 Å². The number of benzene rings is 4. The number of anilines is 1. The number of hydrogen-bond acceptors (Lipinski definition) is 5. The molecule has 0 saturated carbocycles. The Morgan fingerprint density at radius 2 is 1.63 bits per heavy atom. The molecule has 5 aromatic rings. The summed E-state index contributed by atoms with van der Waals surface area (Å²) in [5.41, 5.74) is 5.00. The second-order valence-electron chi connectivity index (χ2n) is 10.1. The fourth-order valence-electron chi connectivity index (χ4n) is 5.34. The minimum Gasteiger partial charge on any atom is -0.320 e. The van der Waals surface area contributed by atoms with Gasteiger partial charge in [-0.15, -0.1) is 23.7 Å². The summed E-state index contributed by atoms with van der Waals surface area (Å²) in [5.74, 6) is 0. The Kier molecular flexibility index (Phi) is 9.29. The number of rotatable bonds is 10. The monoisotopic (exact) mass is 583 g/mol. The molecule has 41 heavy (non-hydrogen) atoms. The molecule has 1 aliphatic rings. The van der Waals surface area contributed by atoms with E-state index >= 15 is 0 Å². The van der Waals surface area contributed by atoms with E-state index in [-0.39, 0.29) is 18.4 Å². The number of unbranched alkanes of at least 4 members (excludes halogenated alkanes) is 1. The summed E-state index contributed by atoms with van der Waals surface area (Å²) in [5, 5.41) is 13.4. The smallest absolute Gasteiger partial charge is 0.320 e. The number of para-hydroxylation sites is 2. The van der Waals surface area contributed by atoms with Gasteiger partial charge < -0.3 is 5.32 Å². The maximum absolute atomic E-state index is 14.2. The first-order valence-electron chi connectivity index (χ1n) is 13.9. The topological polar surface area (TPSA) is 60.8 Å². The van der Waals surface area contributed by atoms with Gasteiger partial charge >= 0.3 is 6.03 Å². The van der Waals surface area contributed by atoms with Crippen molar-refractivity contribution < 1.29 is 4.79 Å². The maximum atomic E-state index is 14.2. The highest BCUT2D eigenvalue weighted by Gasteiger charge is 2.30. The van der Waals surface area contributed by atoms with Gasteiger partial charge in [0.2, 0.25) is 0 Å².